The van der Waals surface area contributed by atoms with Crippen LogP contribution >= 0.6 is 0 Å². The molecular weight excluding hydrogens is 272 g/mol. The number of phenolic OH excluding ortho intramolecular Hbond substituents is 1. The number of benzene rings is 1. The van der Waals surface area contributed by atoms with Gasteiger partial charge in [-0.2, -0.15) is 0 Å². The number of carbonyl (C=O) groups excluding carboxylic acids is 1. The molecule has 0 aliphatic carbocycles. The maximum atomic E-state index is 12.4. The molecule has 122 valence electrons. The lowest BCUT2D eigenvalue weighted by Crippen LogP contribution is -2.14. The van der Waals surface area contributed by atoms with Crippen LogP contribution in [0.3, 0.4) is 0 Å². The van der Waals surface area contributed by atoms with Crippen LogP contribution < -0.4 is 0 Å². The molecule has 0 aliphatic rings. The lowest BCUT2D eigenvalue weighted by molar-refractivity contribution is 0.104. The fourth-order valence-corrected chi connectivity index (χ4v) is 2.42. The summed E-state index contributed by atoms with van der Waals surface area (Å²) in [6, 6.07) is 3.71. The fourth-order valence-electron chi connectivity index (χ4n) is 2.42. The van der Waals surface area contributed by atoms with Crippen molar-refractivity contribution in [3.63, 3.8) is 0 Å². The third-order valence-electron chi connectivity index (χ3n) is 4.10. The fraction of sp³-hybridized carbons (Fsp3) is 0.550. The van der Waals surface area contributed by atoms with Gasteiger partial charge in [0, 0.05) is 11.1 Å². The van der Waals surface area contributed by atoms with Gasteiger partial charge in [0.1, 0.15) is 5.75 Å². The zero-order valence-electron chi connectivity index (χ0n) is 14.9. The maximum Gasteiger partial charge on any atom is 0.185 e. The van der Waals surface area contributed by atoms with E-state index in [9.17, 15) is 9.90 Å². The molecular formula is C20H30O2. The third-order valence-corrected chi connectivity index (χ3v) is 4.10. The molecule has 2 nitrogen and oxygen atoms in total. The van der Waals surface area contributed by atoms with E-state index in [0.29, 0.717) is 11.3 Å². The van der Waals surface area contributed by atoms with Crippen molar-refractivity contribution in [3.05, 3.63) is 41.0 Å². The topological polar surface area (TPSA) is 37.3 Å². The van der Waals surface area contributed by atoms with E-state index in [4.69, 9.17) is 0 Å². The number of rotatable bonds is 6. The minimum Gasteiger partial charge on any atom is -0.507 e. The molecule has 0 fully saturated rings. The molecule has 1 aromatic carbocycles. The third kappa shape index (κ3) is 4.46. The molecule has 0 heterocycles. The Kier molecular flexibility index (Phi) is 6.40. The second-order valence-electron chi connectivity index (χ2n) is 7.08. The van der Waals surface area contributed by atoms with Gasteiger partial charge in [-0.1, -0.05) is 54.0 Å². The minimum atomic E-state index is -0.199. The highest BCUT2D eigenvalue weighted by Crippen LogP contribution is 2.38. The monoisotopic (exact) mass is 302 g/mol. The van der Waals surface area contributed by atoms with Gasteiger partial charge < -0.3 is 5.11 Å². The van der Waals surface area contributed by atoms with Crippen molar-refractivity contribution in [2.75, 3.05) is 0 Å². The Hall–Kier alpha value is -1.57. The highest BCUT2D eigenvalue weighted by Gasteiger charge is 2.24. The van der Waals surface area contributed by atoms with Crippen LogP contribution in [0.1, 0.15) is 88.2 Å². The molecule has 1 unspecified atom stereocenters. The SMILES string of the molecule is CCC/C=C/C(=O)c1cc(C(C)CC)c(O)c(C(C)(C)C)c1. The van der Waals surface area contributed by atoms with E-state index in [1.54, 1.807) is 6.08 Å². The lowest BCUT2D eigenvalue weighted by atomic mass is 9.81. The Morgan fingerprint density at radius 1 is 1.27 bits per heavy atom. The highest BCUT2D eigenvalue weighted by atomic mass is 16.3. The Balaban J connectivity index is 3.38. The molecule has 0 radical (unpaired) electrons. The molecule has 0 aliphatic heterocycles. The summed E-state index contributed by atoms with van der Waals surface area (Å²) in [5.41, 5.74) is 2.19. The largest absolute Gasteiger partial charge is 0.507 e. The molecule has 0 bridgehead atoms. The van der Waals surface area contributed by atoms with Gasteiger partial charge in [0.25, 0.3) is 0 Å². The van der Waals surface area contributed by atoms with E-state index in [2.05, 4.69) is 41.5 Å². The van der Waals surface area contributed by atoms with Crippen molar-refractivity contribution in [3.8, 4) is 5.75 Å². The Labute approximate surface area is 135 Å². The van der Waals surface area contributed by atoms with Crippen LogP contribution in [-0.4, -0.2) is 10.9 Å². The number of aromatic hydroxyl groups is 1. The highest BCUT2D eigenvalue weighted by molar-refractivity contribution is 6.05. The Bertz CT molecular complexity index is 548. The number of carbonyl (C=O) groups is 1. The number of allylic oxidation sites excluding steroid dienone is 2. The Morgan fingerprint density at radius 3 is 2.41 bits per heavy atom. The summed E-state index contributed by atoms with van der Waals surface area (Å²) in [6.07, 6.45) is 6.46. The van der Waals surface area contributed by atoms with Crippen molar-refractivity contribution in [2.45, 2.75) is 72.1 Å². The molecule has 2 heteroatoms. The average molecular weight is 302 g/mol. The number of phenols is 1. The molecule has 0 amide bonds. The average Bonchev–Trinajstić information content (AvgIpc) is 2.45. The second-order valence-corrected chi connectivity index (χ2v) is 7.08. The Morgan fingerprint density at radius 2 is 1.91 bits per heavy atom. The number of ketones is 1. The number of hydrogen-bond acceptors (Lipinski definition) is 2. The van der Waals surface area contributed by atoms with Gasteiger partial charge >= 0.3 is 0 Å². The minimum absolute atomic E-state index is 0.0171. The predicted octanol–water partition coefficient (Wildman–Crippen LogP) is 5.74. The molecule has 0 saturated heterocycles. The molecule has 1 N–H and O–H groups in total. The van der Waals surface area contributed by atoms with Gasteiger partial charge in [-0.3, -0.25) is 4.79 Å². The van der Waals surface area contributed by atoms with Crippen LogP contribution in [0.4, 0.5) is 0 Å². The van der Waals surface area contributed by atoms with Gasteiger partial charge in [0.2, 0.25) is 0 Å². The first-order chi connectivity index (χ1) is 10.2. The molecule has 22 heavy (non-hydrogen) atoms. The van der Waals surface area contributed by atoms with E-state index in [1.807, 2.05) is 18.2 Å². The standard InChI is InChI=1S/C20H30O2/c1-7-9-10-11-18(21)15-12-16(14(3)8-2)19(22)17(13-15)20(4,5)6/h10-14,22H,7-9H2,1-6H3/b11-10+. The predicted molar refractivity (Wildman–Crippen MR) is 93.9 cm³/mol. The molecule has 0 aromatic heterocycles. The summed E-state index contributed by atoms with van der Waals surface area (Å²) in [7, 11) is 0. The van der Waals surface area contributed by atoms with Crippen LogP contribution in [0, 0.1) is 0 Å². The van der Waals surface area contributed by atoms with Crippen molar-refractivity contribution in [2.24, 2.45) is 0 Å². The molecule has 0 saturated carbocycles. The van der Waals surface area contributed by atoms with Gasteiger partial charge in [0.05, 0.1) is 0 Å². The van der Waals surface area contributed by atoms with E-state index in [0.717, 1.165) is 30.4 Å². The van der Waals surface area contributed by atoms with Gasteiger partial charge in [-0.05, 0) is 47.9 Å². The van der Waals surface area contributed by atoms with Gasteiger partial charge in [-0.15, -0.1) is 0 Å². The van der Waals surface area contributed by atoms with E-state index in [1.165, 1.54) is 0 Å². The first-order valence-corrected chi connectivity index (χ1v) is 8.30. The first kappa shape index (κ1) is 18.5. The second kappa shape index (κ2) is 7.62. The molecule has 1 aromatic rings. The van der Waals surface area contributed by atoms with E-state index >= 15 is 0 Å². The molecule has 1 rings (SSSR count). The van der Waals surface area contributed by atoms with Crippen LogP contribution in [0.15, 0.2) is 24.3 Å². The van der Waals surface area contributed by atoms with E-state index in [-0.39, 0.29) is 17.1 Å². The summed E-state index contributed by atoms with van der Waals surface area (Å²) >= 11 is 0. The summed E-state index contributed by atoms with van der Waals surface area (Å²) in [6.45, 7) is 12.4. The van der Waals surface area contributed by atoms with Crippen LogP contribution in [0.5, 0.6) is 5.75 Å². The van der Waals surface area contributed by atoms with Crippen LogP contribution in [0.25, 0.3) is 0 Å². The smallest absolute Gasteiger partial charge is 0.185 e. The normalized spacial score (nSPS) is 13.5. The van der Waals surface area contributed by atoms with Crippen LogP contribution in [0.2, 0.25) is 0 Å². The quantitative estimate of drug-likeness (QED) is 0.537. The van der Waals surface area contributed by atoms with E-state index < -0.39 is 0 Å². The number of hydrogen-bond donors (Lipinski definition) is 1. The zero-order valence-corrected chi connectivity index (χ0v) is 14.9. The summed E-state index contributed by atoms with van der Waals surface area (Å²) in [5.74, 6) is 0.591. The van der Waals surface area contributed by atoms with Crippen LogP contribution in [-0.2, 0) is 5.41 Å². The van der Waals surface area contributed by atoms with Gasteiger partial charge in [-0.25, -0.2) is 0 Å². The van der Waals surface area contributed by atoms with Crippen molar-refractivity contribution in [1.29, 1.82) is 0 Å². The first-order valence-electron chi connectivity index (χ1n) is 8.30. The number of unbranched alkanes of at least 4 members (excludes halogenated alkanes) is 1. The lowest BCUT2D eigenvalue weighted by Gasteiger charge is -2.24. The maximum absolute atomic E-state index is 12.4. The molecule has 1 atom stereocenters. The zero-order chi connectivity index (χ0) is 16.9. The summed E-state index contributed by atoms with van der Waals surface area (Å²) in [4.78, 5) is 12.4. The van der Waals surface area contributed by atoms with Crippen molar-refractivity contribution < 1.29 is 9.90 Å². The van der Waals surface area contributed by atoms with Crippen molar-refractivity contribution in [1.82, 2.24) is 0 Å². The molecule has 0 spiro atoms. The van der Waals surface area contributed by atoms with Gasteiger partial charge in [0.15, 0.2) is 5.78 Å². The summed E-state index contributed by atoms with van der Waals surface area (Å²) < 4.78 is 0. The van der Waals surface area contributed by atoms with Crippen molar-refractivity contribution >= 4 is 5.78 Å². The summed E-state index contributed by atoms with van der Waals surface area (Å²) in [5, 5.41) is 10.6.